The van der Waals surface area contributed by atoms with Crippen LogP contribution in [-0.2, 0) is 6.54 Å². The molecule has 0 aliphatic heterocycles. The Kier molecular flexibility index (Phi) is 4.78. The first-order valence-corrected chi connectivity index (χ1v) is 7.47. The maximum absolute atomic E-state index is 13.0. The molecule has 0 saturated carbocycles. The minimum Gasteiger partial charge on any atom is -0.305 e. The highest BCUT2D eigenvalue weighted by Gasteiger charge is 2.10. The van der Waals surface area contributed by atoms with Crippen molar-refractivity contribution >= 4 is 38.9 Å². The molecular weight excluding hydrogens is 337 g/mol. The Labute approximate surface area is 123 Å². The molecule has 0 aliphatic carbocycles. The van der Waals surface area contributed by atoms with Crippen molar-refractivity contribution in [1.29, 1.82) is 0 Å². The van der Waals surface area contributed by atoms with Crippen LogP contribution in [0.2, 0.25) is 4.34 Å². The van der Waals surface area contributed by atoms with Gasteiger partial charge in [-0.3, -0.25) is 0 Å². The fourth-order valence-corrected chi connectivity index (χ4v) is 3.40. The van der Waals surface area contributed by atoms with Crippen LogP contribution in [0.25, 0.3) is 0 Å². The van der Waals surface area contributed by atoms with Gasteiger partial charge in [-0.2, -0.15) is 0 Å². The van der Waals surface area contributed by atoms with Gasteiger partial charge in [0.05, 0.1) is 4.34 Å². The van der Waals surface area contributed by atoms with Crippen LogP contribution in [0.15, 0.2) is 34.8 Å². The van der Waals surface area contributed by atoms with Crippen LogP contribution in [0, 0.1) is 5.82 Å². The van der Waals surface area contributed by atoms with E-state index in [0.717, 1.165) is 20.9 Å². The topological polar surface area (TPSA) is 12.0 Å². The van der Waals surface area contributed by atoms with Gasteiger partial charge in [0.1, 0.15) is 5.82 Å². The van der Waals surface area contributed by atoms with E-state index in [-0.39, 0.29) is 11.9 Å². The summed E-state index contributed by atoms with van der Waals surface area (Å²) in [5.74, 6) is -0.233. The van der Waals surface area contributed by atoms with Crippen LogP contribution in [0.3, 0.4) is 0 Å². The van der Waals surface area contributed by atoms with Gasteiger partial charge in [-0.15, -0.1) is 11.3 Å². The Morgan fingerprint density at radius 3 is 2.78 bits per heavy atom. The Morgan fingerprint density at radius 1 is 1.39 bits per heavy atom. The van der Waals surface area contributed by atoms with Gasteiger partial charge in [0.2, 0.25) is 0 Å². The van der Waals surface area contributed by atoms with Crippen molar-refractivity contribution in [2.75, 3.05) is 0 Å². The zero-order valence-corrected chi connectivity index (χ0v) is 12.9. The second-order valence-electron chi connectivity index (χ2n) is 3.97. The first-order valence-electron chi connectivity index (χ1n) is 5.49. The van der Waals surface area contributed by atoms with Gasteiger partial charge >= 0.3 is 0 Å². The summed E-state index contributed by atoms with van der Waals surface area (Å²) in [5, 5.41) is 3.39. The third-order valence-electron chi connectivity index (χ3n) is 2.64. The van der Waals surface area contributed by atoms with Crippen LogP contribution in [0.4, 0.5) is 4.39 Å². The zero-order valence-electron chi connectivity index (χ0n) is 9.71. The molecule has 0 fully saturated rings. The highest BCUT2D eigenvalue weighted by Crippen LogP contribution is 2.26. The maximum Gasteiger partial charge on any atom is 0.124 e. The molecule has 0 saturated heterocycles. The number of thiophene rings is 1. The van der Waals surface area contributed by atoms with Gasteiger partial charge in [-0.25, -0.2) is 4.39 Å². The van der Waals surface area contributed by atoms with E-state index in [1.165, 1.54) is 17.0 Å². The van der Waals surface area contributed by atoms with E-state index in [9.17, 15) is 4.39 Å². The molecule has 1 unspecified atom stereocenters. The molecular formula is C13H12BrClFNS. The molecule has 0 aliphatic rings. The molecule has 1 heterocycles. The summed E-state index contributed by atoms with van der Waals surface area (Å²) in [6, 6.07) is 8.78. The second kappa shape index (κ2) is 6.15. The highest BCUT2D eigenvalue weighted by atomic mass is 79.9. The van der Waals surface area contributed by atoms with Crippen molar-refractivity contribution in [1.82, 2.24) is 5.32 Å². The maximum atomic E-state index is 13.0. The van der Waals surface area contributed by atoms with Gasteiger partial charge < -0.3 is 5.32 Å². The average molecular weight is 349 g/mol. The molecule has 1 atom stereocenters. The van der Waals surface area contributed by atoms with E-state index in [0.29, 0.717) is 0 Å². The number of rotatable bonds is 4. The smallest absolute Gasteiger partial charge is 0.124 e. The van der Waals surface area contributed by atoms with Gasteiger partial charge in [-0.05, 0) is 36.8 Å². The number of hydrogen-bond acceptors (Lipinski definition) is 2. The van der Waals surface area contributed by atoms with E-state index in [4.69, 9.17) is 11.6 Å². The standard InChI is InChI=1S/C13H12BrClFNS/c1-8(11-4-2-9(16)6-12(11)14)17-7-10-3-5-13(15)18-10/h2-6,8,17H,7H2,1H3. The second-order valence-corrected chi connectivity index (χ2v) is 6.63. The molecule has 0 amide bonds. The van der Waals surface area contributed by atoms with Crippen molar-refractivity contribution < 1.29 is 4.39 Å². The van der Waals surface area contributed by atoms with Crippen molar-refractivity contribution in [2.45, 2.75) is 19.5 Å². The van der Waals surface area contributed by atoms with Gasteiger partial charge in [0, 0.05) is 21.9 Å². The first kappa shape index (κ1) is 14.0. The SMILES string of the molecule is CC(NCc1ccc(Cl)s1)c1ccc(F)cc1Br. The Balaban J connectivity index is 2.01. The summed E-state index contributed by atoms with van der Waals surface area (Å²) in [7, 11) is 0. The molecule has 96 valence electrons. The quantitative estimate of drug-likeness (QED) is 0.805. The van der Waals surface area contributed by atoms with Crippen molar-refractivity contribution in [3.8, 4) is 0 Å². The first-order chi connectivity index (χ1) is 8.56. The van der Waals surface area contributed by atoms with Gasteiger partial charge in [0.25, 0.3) is 0 Å². The highest BCUT2D eigenvalue weighted by molar-refractivity contribution is 9.10. The van der Waals surface area contributed by atoms with E-state index in [1.54, 1.807) is 17.4 Å². The van der Waals surface area contributed by atoms with Crippen LogP contribution in [0.1, 0.15) is 23.4 Å². The summed E-state index contributed by atoms with van der Waals surface area (Å²) in [6.07, 6.45) is 0. The molecule has 1 nitrogen and oxygen atoms in total. The summed E-state index contributed by atoms with van der Waals surface area (Å²) in [5.41, 5.74) is 1.04. The fraction of sp³-hybridized carbons (Fsp3) is 0.231. The molecule has 0 spiro atoms. The largest absolute Gasteiger partial charge is 0.305 e. The van der Waals surface area contributed by atoms with Crippen LogP contribution >= 0.6 is 38.9 Å². The number of halogens is 3. The third-order valence-corrected chi connectivity index (χ3v) is 4.56. The van der Waals surface area contributed by atoms with Crippen molar-refractivity contribution in [3.05, 3.63) is 55.4 Å². The van der Waals surface area contributed by atoms with E-state index in [2.05, 4.69) is 21.2 Å². The minimum absolute atomic E-state index is 0.140. The monoisotopic (exact) mass is 347 g/mol. The van der Waals surface area contributed by atoms with E-state index >= 15 is 0 Å². The molecule has 18 heavy (non-hydrogen) atoms. The van der Waals surface area contributed by atoms with Gasteiger partial charge in [0.15, 0.2) is 0 Å². The van der Waals surface area contributed by atoms with Crippen LogP contribution in [-0.4, -0.2) is 0 Å². The fourth-order valence-electron chi connectivity index (χ4n) is 1.66. The number of benzene rings is 1. The predicted octanol–water partition coefficient (Wildman–Crippen LogP) is 5.15. The Hall–Kier alpha value is -0.420. The molecule has 0 radical (unpaired) electrons. The average Bonchev–Trinajstić information content (AvgIpc) is 2.72. The molecule has 1 aromatic carbocycles. The lowest BCUT2D eigenvalue weighted by Gasteiger charge is -2.15. The molecule has 1 aromatic heterocycles. The van der Waals surface area contributed by atoms with Crippen LogP contribution in [0.5, 0.6) is 0 Å². The lowest BCUT2D eigenvalue weighted by Crippen LogP contribution is -2.17. The Bertz CT molecular complexity index is 544. The van der Waals surface area contributed by atoms with E-state index in [1.807, 2.05) is 19.1 Å². The van der Waals surface area contributed by atoms with Crippen LogP contribution < -0.4 is 5.32 Å². The van der Waals surface area contributed by atoms with E-state index < -0.39 is 0 Å². The predicted molar refractivity (Wildman–Crippen MR) is 78.7 cm³/mol. The number of nitrogens with one attached hydrogen (secondary N) is 1. The third kappa shape index (κ3) is 3.54. The lowest BCUT2D eigenvalue weighted by molar-refractivity contribution is 0.572. The summed E-state index contributed by atoms with van der Waals surface area (Å²) in [4.78, 5) is 1.19. The van der Waals surface area contributed by atoms with Gasteiger partial charge in [-0.1, -0.05) is 33.6 Å². The summed E-state index contributed by atoms with van der Waals surface area (Å²) < 4.78 is 14.6. The molecule has 2 aromatic rings. The van der Waals surface area contributed by atoms with Crippen molar-refractivity contribution in [2.24, 2.45) is 0 Å². The molecule has 0 bridgehead atoms. The van der Waals surface area contributed by atoms with Crippen molar-refractivity contribution in [3.63, 3.8) is 0 Å². The summed E-state index contributed by atoms with van der Waals surface area (Å²) in [6.45, 7) is 2.80. The molecule has 5 heteroatoms. The molecule has 1 N–H and O–H groups in total. The lowest BCUT2D eigenvalue weighted by atomic mass is 10.1. The summed E-state index contributed by atoms with van der Waals surface area (Å²) >= 11 is 10.8. The number of hydrogen-bond donors (Lipinski definition) is 1. The minimum atomic E-state index is -0.233. The zero-order chi connectivity index (χ0) is 13.1. The normalized spacial score (nSPS) is 12.7. The molecule has 2 rings (SSSR count). The Morgan fingerprint density at radius 2 is 2.17 bits per heavy atom.